The molecule has 0 radical (unpaired) electrons. The molecule has 0 atom stereocenters. The highest BCUT2D eigenvalue weighted by Crippen LogP contribution is 2.56. The van der Waals surface area contributed by atoms with Crippen molar-refractivity contribution in [1.82, 2.24) is 23.7 Å². The monoisotopic (exact) mass is 1090 g/mol. The summed E-state index contributed by atoms with van der Waals surface area (Å²) in [6.07, 6.45) is 0. The van der Waals surface area contributed by atoms with E-state index in [0.717, 1.165) is 112 Å². The van der Waals surface area contributed by atoms with Gasteiger partial charge in [-0.3, -0.25) is 0 Å². The molecule has 12 aromatic carbocycles. The maximum Gasteiger partial charge on any atom is 0.160 e. The average Bonchev–Trinajstić information content (AvgIpc) is 1.91. The van der Waals surface area contributed by atoms with Gasteiger partial charge in [-0.15, -0.1) is 0 Å². The van der Waals surface area contributed by atoms with Gasteiger partial charge < -0.3 is 13.7 Å². The summed E-state index contributed by atoms with van der Waals surface area (Å²) in [5.74, 6) is 0.640. The quantitative estimate of drug-likeness (QED) is 0.145. The summed E-state index contributed by atoms with van der Waals surface area (Å²) in [5, 5.41) is 7.14. The van der Waals surface area contributed by atoms with Gasteiger partial charge >= 0.3 is 0 Å². The lowest BCUT2D eigenvalue weighted by Gasteiger charge is -2.30. The predicted octanol–water partition coefficient (Wildman–Crippen LogP) is 21.0. The zero-order valence-electron chi connectivity index (χ0n) is 47.7. The summed E-state index contributed by atoms with van der Waals surface area (Å²) >= 11 is 0. The van der Waals surface area contributed by atoms with Crippen LogP contribution in [0.5, 0.6) is 0 Å². The minimum Gasteiger partial charge on any atom is -0.309 e. The molecule has 0 saturated heterocycles. The highest BCUT2D eigenvalue weighted by atomic mass is 15.0. The van der Waals surface area contributed by atoms with E-state index in [1.165, 1.54) is 54.6 Å². The third-order valence-corrected chi connectivity index (χ3v) is 17.2. The van der Waals surface area contributed by atoms with E-state index in [2.05, 4.69) is 314 Å². The van der Waals surface area contributed by atoms with Crippen LogP contribution in [0.25, 0.3) is 150 Å². The second-order valence-corrected chi connectivity index (χ2v) is 22.8. The molecular formula is C80H57N5. The molecule has 0 amide bonds. The molecule has 4 heterocycles. The molecule has 0 fully saturated rings. The summed E-state index contributed by atoms with van der Waals surface area (Å²) in [7, 11) is 0. The number of benzene rings is 12. The van der Waals surface area contributed by atoms with Crippen molar-refractivity contribution < 1.29 is 0 Å². The molecule has 85 heavy (non-hydrogen) atoms. The van der Waals surface area contributed by atoms with Gasteiger partial charge in [0, 0.05) is 71.4 Å². The van der Waals surface area contributed by atoms with E-state index in [4.69, 9.17) is 9.97 Å². The lowest BCUT2D eigenvalue weighted by molar-refractivity contribution is 1.12. The fourth-order valence-electron chi connectivity index (χ4n) is 13.5. The first-order chi connectivity index (χ1) is 41.8. The summed E-state index contributed by atoms with van der Waals surface area (Å²) in [6.45, 7) is 8.82. The van der Waals surface area contributed by atoms with Gasteiger partial charge in [0.05, 0.1) is 55.9 Å². The number of hydrogen-bond acceptors (Lipinski definition) is 2. The Kier molecular flexibility index (Phi) is 11.7. The van der Waals surface area contributed by atoms with Crippen LogP contribution in [-0.4, -0.2) is 23.7 Å². The highest BCUT2D eigenvalue weighted by Gasteiger charge is 2.34. The van der Waals surface area contributed by atoms with Crippen molar-refractivity contribution >= 4 is 65.4 Å². The number of aromatic nitrogens is 5. The number of para-hydroxylation sites is 2. The van der Waals surface area contributed by atoms with Gasteiger partial charge in [-0.25, -0.2) is 9.97 Å². The molecule has 16 aromatic rings. The zero-order chi connectivity index (χ0) is 56.9. The van der Waals surface area contributed by atoms with Crippen molar-refractivity contribution in [3.63, 3.8) is 0 Å². The zero-order valence-corrected chi connectivity index (χ0v) is 47.7. The molecule has 5 heteroatoms. The van der Waals surface area contributed by atoms with Gasteiger partial charge in [0.2, 0.25) is 0 Å². The molecule has 4 aromatic heterocycles. The van der Waals surface area contributed by atoms with Crippen LogP contribution < -0.4 is 0 Å². The smallest absolute Gasteiger partial charge is 0.160 e. The highest BCUT2D eigenvalue weighted by molar-refractivity contribution is 6.18. The number of nitrogens with zero attached hydrogens (tertiary/aromatic N) is 5. The van der Waals surface area contributed by atoms with Gasteiger partial charge in [0.1, 0.15) is 0 Å². The van der Waals surface area contributed by atoms with Crippen LogP contribution in [0.4, 0.5) is 0 Å². The maximum atomic E-state index is 5.96. The van der Waals surface area contributed by atoms with Crippen LogP contribution in [0.15, 0.2) is 273 Å². The Morgan fingerprint density at radius 1 is 0.235 bits per heavy atom. The normalized spacial score (nSPS) is 11.8. The van der Waals surface area contributed by atoms with Crippen LogP contribution >= 0.6 is 0 Å². The van der Waals surface area contributed by atoms with E-state index in [-0.39, 0.29) is 0 Å². The van der Waals surface area contributed by atoms with Gasteiger partial charge in [-0.1, -0.05) is 216 Å². The second-order valence-electron chi connectivity index (χ2n) is 22.8. The summed E-state index contributed by atoms with van der Waals surface area (Å²) in [4.78, 5) is 11.5. The summed E-state index contributed by atoms with van der Waals surface area (Å²) in [5.41, 5.74) is 25.6. The van der Waals surface area contributed by atoms with E-state index in [9.17, 15) is 0 Å². The fraction of sp³-hybridized carbons (Fsp3) is 0.0500. The Labute approximate surface area is 493 Å². The summed E-state index contributed by atoms with van der Waals surface area (Å²) in [6, 6.07) is 100. The topological polar surface area (TPSA) is 40.6 Å². The first-order valence-electron chi connectivity index (χ1n) is 29.3. The van der Waals surface area contributed by atoms with Gasteiger partial charge in [0.15, 0.2) is 5.82 Å². The maximum absolute atomic E-state index is 5.96. The Morgan fingerprint density at radius 2 is 0.624 bits per heavy atom. The van der Waals surface area contributed by atoms with Crippen LogP contribution in [0.2, 0.25) is 0 Å². The molecule has 0 aliphatic carbocycles. The first-order valence-corrected chi connectivity index (χ1v) is 29.3. The molecular weight excluding hydrogens is 1030 g/mol. The molecule has 0 aliphatic rings. The van der Waals surface area contributed by atoms with Crippen molar-refractivity contribution in [2.75, 3.05) is 0 Å². The number of rotatable bonds is 9. The Hall–Kier alpha value is -10.9. The molecule has 402 valence electrons. The Morgan fingerprint density at radius 3 is 1.11 bits per heavy atom. The molecule has 5 nitrogen and oxygen atoms in total. The molecule has 0 saturated carbocycles. The minimum atomic E-state index is 0.640. The van der Waals surface area contributed by atoms with Crippen LogP contribution in [0.3, 0.4) is 0 Å². The molecule has 0 bridgehead atoms. The van der Waals surface area contributed by atoms with Gasteiger partial charge in [-0.2, -0.15) is 0 Å². The van der Waals surface area contributed by atoms with Crippen LogP contribution in [0.1, 0.15) is 22.3 Å². The third kappa shape index (κ3) is 8.14. The molecule has 0 spiro atoms. The molecule has 16 rings (SSSR count). The average molecular weight is 1090 g/mol. The van der Waals surface area contributed by atoms with Crippen LogP contribution in [-0.2, 0) is 0 Å². The van der Waals surface area contributed by atoms with E-state index < -0.39 is 0 Å². The predicted molar refractivity (Wildman–Crippen MR) is 357 cm³/mol. The van der Waals surface area contributed by atoms with E-state index in [1.807, 2.05) is 0 Å². The number of fused-ring (bicyclic) bond motifs is 9. The molecule has 0 aliphatic heterocycles. The number of aryl methyl sites for hydroxylation is 4. The van der Waals surface area contributed by atoms with Crippen molar-refractivity contribution in [2.45, 2.75) is 27.7 Å². The first kappa shape index (κ1) is 49.9. The second kappa shape index (κ2) is 19.9. The van der Waals surface area contributed by atoms with E-state index >= 15 is 0 Å². The Balaban J connectivity index is 1.23. The standard InChI is InChI=1S/C80H57N5/c1-50-34-40-69-62(44-50)63-45-51(2)35-41-70(63)84(69)78-75(55-24-12-6-13-25-55)74(58-38-39-61-60-32-20-21-33-68(60)83(73(61)48-58)59-30-18-9-19-31-59)76(56-26-14-7-15-27-56)79(85-71-42-36-52(3)46-64(71)65-47-53(4)37-43-72(65)85)77(78)67-49-66(54-22-10-5-11-23-54)81-80(82-67)57-28-16-8-17-29-57/h5-49H,1-4H3. The van der Waals surface area contributed by atoms with Gasteiger partial charge in [-0.05, 0) is 123 Å². The largest absolute Gasteiger partial charge is 0.309 e. The minimum absolute atomic E-state index is 0.640. The SMILES string of the molecule is Cc1ccc2c(c1)c1cc(C)ccc1n2-c1c(-c2ccccc2)c(-c2ccc3c4ccccc4n(-c4ccccc4)c3c2)c(-c2ccccc2)c(-n2c3ccc(C)cc3c3cc(C)ccc32)c1-c1cc(-c2ccccc2)nc(-c2ccccc2)n1. The molecule has 0 unspecified atom stereocenters. The van der Waals surface area contributed by atoms with E-state index in [1.54, 1.807) is 0 Å². The lowest BCUT2D eigenvalue weighted by Crippen LogP contribution is -2.11. The van der Waals surface area contributed by atoms with Gasteiger partial charge in [0.25, 0.3) is 0 Å². The van der Waals surface area contributed by atoms with Crippen molar-refractivity contribution in [3.8, 4) is 84.3 Å². The van der Waals surface area contributed by atoms with Crippen molar-refractivity contribution in [1.29, 1.82) is 0 Å². The summed E-state index contributed by atoms with van der Waals surface area (Å²) < 4.78 is 7.61. The van der Waals surface area contributed by atoms with Crippen LogP contribution in [0, 0.1) is 27.7 Å². The third-order valence-electron chi connectivity index (χ3n) is 17.2. The molecule has 0 N–H and O–H groups in total. The Bertz CT molecular complexity index is 4940. The fourth-order valence-corrected chi connectivity index (χ4v) is 13.5. The number of hydrogen-bond donors (Lipinski definition) is 0. The van der Waals surface area contributed by atoms with Crippen molar-refractivity contribution in [3.05, 3.63) is 295 Å². The van der Waals surface area contributed by atoms with E-state index in [0.29, 0.717) is 5.82 Å². The van der Waals surface area contributed by atoms with Crippen molar-refractivity contribution in [2.24, 2.45) is 0 Å². The lowest BCUT2D eigenvalue weighted by atomic mass is 9.81.